The van der Waals surface area contributed by atoms with Gasteiger partial charge in [-0.2, -0.15) is 0 Å². The van der Waals surface area contributed by atoms with Crippen molar-refractivity contribution < 1.29 is 18.7 Å². The second-order valence-corrected chi connectivity index (χ2v) is 5.11. The van der Waals surface area contributed by atoms with E-state index in [9.17, 15) is 18.7 Å². The maximum Gasteiger partial charge on any atom is 0.225 e. The third-order valence-electron chi connectivity index (χ3n) is 3.63. The van der Waals surface area contributed by atoms with Gasteiger partial charge in [-0.1, -0.05) is 12.8 Å². The summed E-state index contributed by atoms with van der Waals surface area (Å²) in [5, 5.41) is 12.1. The van der Waals surface area contributed by atoms with Gasteiger partial charge in [0.2, 0.25) is 5.91 Å². The molecule has 1 fully saturated rings. The molecule has 0 aromatic heterocycles. The topological polar surface area (TPSA) is 49.3 Å². The van der Waals surface area contributed by atoms with Crippen molar-refractivity contribution in [2.24, 2.45) is 0 Å². The Balaban J connectivity index is 2.03. The van der Waals surface area contributed by atoms with E-state index in [4.69, 9.17) is 0 Å². The van der Waals surface area contributed by atoms with E-state index in [-0.39, 0.29) is 24.5 Å². The molecule has 1 aromatic rings. The molecule has 3 nitrogen and oxygen atoms in total. The smallest absolute Gasteiger partial charge is 0.225 e. The van der Waals surface area contributed by atoms with Crippen LogP contribution in [0.15, 0.2) is 18.2 Å². The van der Waals surface area contributed by atoms with Crippen molar-refractivity contribution in [2.75, 3.05) is 6.61 Å². The first-order valence-electron chi connectivity index (χ1n) is 6.40. The molecule has 19 heavy (non-hydrogen) atoms. The SMILES string of the molecule is O=C(Cc1cc(F)ccc1F)NC1(CO)CCCC1. The Kier molecular flexibility index (Phi) is 4.14. The van der Waals surface area contributed by atoms with E-state index < -0.39 is 17.2 Å². The summed E-state index contributed by atoms with van der Waals surface area (Å²) in [6.07, 6.45) is 3.14. The number of aliphatic hydroxyl groups is 1. The highest BCUT2D eigenvalue weighted by Gasteiger charge is 2.34. The highest BCUT2D eigenvalue weighted by Crippen LogP contribution is 2.29. The predicted octanol–water partition coefficient (Wildman–Crippen LogP) is 1.93. The Labute approximate surface area is 110 Å². The van der Waals surface area contributed by atoms with Crippen LogP contribution in [-0.2, 0) is 11.2 Å². The number of carbonyl (C=O) groups excluding carboxylic acids is 1. The van der Waals surface area contributed by atoms with Gasteiger partial charge in [0.1, 0.15) is 11.6 Å². The average Bonchev–Trinajstić information content (AvgIpc) is 2.83. The Morgan fingerprint density at radius 2 is 2.00 bits per heavy atom. The van der Waals surface area contributed by atoms with Gasteiger partial charge < -0.3 is 10.4 Å². The molecule has 0 aliphatic heterocycles. The average molecular weight is 269 g/mol. The van der Waals surface area contributed by atoms with E-state index in [0.717, 1.165) is 43.9 Å². The number of amides is 1. The fraction of sp³-hybridized carbons (Fsp3) is 0.500. The summed E-state index contributed by atoms with van der Waals surface area (Å²) < 4.78 is 26.4. The molecule has 0 radical (unpaired) electrons. The van der Waals surface area contributed by atoms with Gasteiger partial charge >= 0.3 is 0 Å². The molecule has 0 spiro atoms. The van der Waals surface area contributed by atoms with E-state index in [0.29, 0.717) is 0 Å². The lowest BCUT2D eigenvalue weighted by Gasteiger charge is -2.28. The van der Waals surface area contributed by atoms with Crippen LogP contribution in [0.25, 0.3) is 0 Å². The number of hydrogen-bond donors (Lipinski definition) is 2. The number of carbonyl (C=O) groups is 1. The van der Waals surface area contributed by atoms with Crippen LogP contribution in [0.5, 0.6) is 0 Å². The maximum absolute atomic E-state index is 13.4. The number of hydrogen-bond acceptors (Lipinski definition) is 2. The first-order valence-corrected chi connectivity index (χ1v) is 6.40. The van der Waals surface area contributed by atoms with E-state index in [1.165, 1.54) is 0 Å². The fourth-order valence-electron chi connectivity index (χ4n) is 2.57. The molecule has 1 saturated carbocycles. The van der Waals surface area contributed by atoms with E-state index >= 15 is 0 Å². The summed E-state index contributed by atoms with van der Waals surface area (Å²) in [5.74, 6) is -1.55. The van der Waals surface area contributed by atoms with Crippen molar-refractivity contribution in [2.45, 2.75) is 37.6 Å². The highest BCUT2D eigenvalue weighted by atomic mass is 19.1. The molecule has 1 aromatic carbocycles. The molecule has 0 unspecified atom stereocenters. The molecule has 0 atom stereocenters. The first kappa shape index (κ1) is 13.9. The summed E-state index contributed by atoms with van der Waals surface area (Å²) in [4.78, 5) is 11.9. The zero-order valence-electron chi connectivity index (χ0n) is 10.6. The van der Waals surface area contributed by atoms with Crippen molar-refractivity contribution in [1.29, 1.82) is 0 Å². The predicted molar refractivity (Wildman–Crippen MR) is 66.5 cm³/mol. The van der Waals surface area contributed by atoms with Crippen LogP contribution in [0, 0.1) is 11.6 Å². The zero-order valence-corrected chi connectivity index (χ0v) is 10.6. The van der Waals surface area contributed by atoms with Crippen LogP contribution in [0.3, 0.4) is 0 Å². The van der Waals surface area contributed by atoms with Crippen LogP contribution in [0.1, 0.15) is 31.2 Å². The van der Waals surface area contributed by atoms with Gasteiger partial charge in [-0.05, 0) is 31.0 Å². The monoisotopic (exact) mass is 269 g/mol. The Morgan fingerprint density at radius 1 is 1.32 bits per heavy atom. The van der Waals surface area contributed by atoms with E-state index in [1.807, 2.05) is 0 Å². The summed E-state index contributed by atoms with van der Waals surface area (Å²) in [5.41, 5.74) is -0.551. The van der Waals surface area contributed by atoms with Crippen LogP contribution in [0.2, 0.25) is 0 Å². The van der Waals surface area contributed by atoms with Gasteiger partial charge in [0.15, 0.2) is 0 Å². The second-order valence-electron chi connectivity index (χ2n) is 5.11. The fourth-order valence-corrected chi connectivity index (χ4v) is 2.57. The van der Waals surface area contributed by atoms with Crippen molar-refractivity contribution in [3.63, 3.8) is 0 Å². The first-order chi connectivity index (χ1) is 9.04. The lowest BCUT2D eigenvalue weighted by molar-refractivity contribution is -0.123. The van der Waals surface area contributed by atoms with Crippen molar-refractivity contribution in [1.82, 2.24) is 5.32 Å². The molecular formula is C14H17F2NO2. The molecule has 2 N–H and O–H groups in total. The number of halogens is 2. The summed E-state index contributed by atoms with van der Waals surface area (Å²) in [6, 6.07) is 3.05. The molecule has 2 rings (SSSR count). The van der Waals surface area contributed by atoms with Crippen LogP contribution < -0.4 is 5.32 Å². The van der Waals surface area contributed by atoms with Crippen LogP contribution in [-0.4, -0.2) is 23.2 Å². The van der Waals surface area contributed by atoms with E-state index in [1.54, 1.807) is 0 Å². The molecule has 104 valence electrons. The molecule has 1 aliphatic carbocycles. The number of benzene rings is 1. The van der Waals surface area contributed by atoms with Gasteiger partial charge in [0.25, 0.3) is 0 Å². The standard InChI is InChI=1S/C14H17F2NO2/c15-11-3-4-12(16)10(7-11)8-13(19)17-14(9-18)5-1-2-6-14/h3-4,7,18H,1-2,5-6,8-9H2,(H,17,19). The van der Waals surface area contributed by atoms with Crippen LogP contribution in [0.4, 0.5) is 8.78 Å². The second kappa shape index (κ2) is 5.65. The summed E-state index contributed by atoms with van der Waals surface area (Å²) >= 11 is 0. The van der Waals surface area contributed by atoms with E-state index in [2.05, 4.69) is 5.32 Å². The molecule has 5 heteroatoms. The Bertz CT molecular complexity index is 471. The molecule has 0 saturated heterocycles. The minimum Gasteiger partial charge on any atom is -0.394 e. The minimum absolute atomic E-state index is 0.0311. The van der Waals surface area contributed by atoms with Gasteiger partial charge in [0, 0.05) is 5.56 Å². The number of rotatable bonds is 4. The lowest BCUT2D eigenvalue weighted by Crippen LogP contribution is -2.49. The van der Waals surface area contributed by atoms with Crippen molar-refractivity contribution in [3.8, 4) is 0 Å². The molecular weight excluding hydrogens is 252 g/mol. The van der Waals surface area contributed by atoms with Crippen molar-refractivity contribution >= 4 is 5.91 Å². The Hall–Kier alpha value is -1.49. The molecule has 0 bridgehead atoms. The lowest BCUT2D eigenvalue weighted by atomic mass is 9.98. The van der Waals surface area contributed by atoms with Crippen molar-refractivity contribution in [3.05, 3.63) is 35.4 Å². The normalized spacial score (nSPS) is 17.4. The highest BCUT2D eigenvalue weighted by molar-refractivity contribution is 5.79. The number of nitrogens with one attached hydrogen (secondary N) is 1. The van der Waals surface area contributed by atoms with Gasteiger partial charge in [0.05, 0.1) is 18.6 Å². The zero-order chi connectivity index (χ0) is 13.9. The summed E-state index contributed by atoms with van der Waals surface area (Å²) in [7, 11) is 0. The third kappa shape index (κ3) is 3.29. The van der Waals surface area contributed by atoms with Gasteiger partial charge in [-0.3, -0.25) is 4.79 Å². The Morgan fingerprint density at radius 3 is 2.63 bits per heavy atom. The molecule has 1 amide bonds. The third-order valence-corrected chi connectivity index (χ3v) is 3.63. The van der Waals surface area contributed by atoms with Gasteiger partial charge in [-0.15, -0.1) is 0 Å². The maximum atomic E-state index is 13.4. The molecule has 0 heterocycles. The van der Waals surface area contributed by atoms with Crippen LogP contribution >= 0.6 is 0 Å². The summed E-state index contributed by atoms with van der Waals surface area (Å²) in [6.45, 7) is -0.121. The van der Waals surface area contributed by atoms with Gasteiger partial charge in [-0.25, -0.2) is 8.78 Å². The number of aliphatic hydroxyl groups excluding tert-OH is 1. The minimum atomic E-state index is -0.596. The molecule has 1 aliphatic rings. The quantitative estimate of drug-likeness (QED) is 0.877. The largest absolute Gasteiger partial charge is 0.394 e.